The van der Waals surface area contributed by atoms with Crippen LogP contribution >= 0.6 is 11.8 Å². The van der Waals surface area contributed by atoms with Crippen molar-refractivity contribution in [3.63, 3.8) is 0 Å². The average molecular weight is 292 g/mol. The number of pyridine rings is 1. The molecule has 2 N–H and O–H groups in total. The second kappa shape index (κ2) is 7.79. The zero-order chi connectivity index (χ0) is 14.2. The van der Waals surface area contributed by atoms with Gasteiger partial charge in [0, 0.05) is 29.8 Å². The largest absolute Gasteiger partial charge is 0.478 e. The Bertz CT molecular complexity index is 529. The highest BCUT2D eigenvalue weighted by atomic mass is 32.2. The Morgan fingerprint density at radius 1 is 1.40 bits per heavy atom. The second-order valence-electron chi connectivity index (χ2n) is 4.24. The molecule has 0 bridgehead atoms. The summed E-state index contributed by atoms with van der Waals surface area (Å²) in [6.45, 7) is 5.49. The molecule has 0 saturated carbocycles. The average Bonchev–Trinajstić information content (AvgIpc) is 2.85. The smallest absolute Gasteiger partial charge is 0.215 e. The Balaban J connectivity index is 1.68. The van der Waals surface area contributed by atoms with Crippen LogP contribution in [-0.2, 0) is 5.75 Å². The van der Waals surface area contributed by atoms with E-state index in [2.05, 4.69) is 20.3 Å². The number of thioether (sulfide) groups is 1. The molecule has 6 heteroatoms. The first kappa shape index (κ1) is 14.7. The summed E-state index contributed by atoms with van der Waals surface area (Å²) in [6, 6.07) is 5.76. The summed E-state index contributed by atoms with van der Waals surface area (Å²) >= 11 is 1.87. The summed E-state index contributed by atoms with van der Waals surface area (Å²) in [5, 5.41) is 3.30. The van der Waals surface area contributed by atoms with Crippen LogP contribution in [0.3, 0.4) is 0 Å². The Hall–Kier alpha value is -1.69. The molecule has 2 rings (SSSR count). The van der Waals surface area contributed by atoms with Gasteiger partial charge in [0.15, 0.2) is 0 Å². The normalized spacial score (nSPS) is 10.5. The lowest BCUT2D eigenvalue weighted by Crippen LogP contribution is -2.06. The lowest BCUT2D eigenvalue weighted by Gasteiger charge is -2.07. The third-order valence-electron chi connectivity index (χ3n) is 2.75. The Morgan fingerprint density at radius 3 is 3.05 bits per heavy atom. The van der Waals surface area contributed by atoms with Crippen LogP contribution in [0.25, 0.3) is 0 Å². The van der Waals surface area contributed by atoms with E-state index < -0.39 is 0 Å². The maximum Gasteiger partial charge on any atom is 0.215 e. The first-order valence-corrected chi connectivity index (χ1v) is 7.85. The van der Waals surface area contributed by atoms with Crippen LogP contribution in [0.2, 0.25) is 0 Å². The van der Waals surface area contributed by atoms with E-state index in [1.807, 2.05) is 43.8 Å². The summed E-state index contributed by atoms with van der Waals surface area (Å²) < 4.78 is 5.37. The minimum absolute atomic E-state index is 0.635. The highest BCUT2D eigenvalue weighted by molar-refractivity contribution is 7.98. The Kier molecular flexibility index (Phi) is 5.73. The number of nitrogens with zero attached hydrogens (tertiary/aromatic N) is 2. The number of rotatable bonds is 8. The summed E-state index contributed by atoms with van der Waals surface area (Å²) in [5.41, 5.74) is 2.28. The number of aryl methyl sites for hydroxylation is 1. The van der Waals surface area contributed by atoms with Gasteiger partial charge >= 0.3 is 0 Å². The van der Waals surface area contributed by atoms with E-state index in [0.29, 0.717) is 12.5 Å². The summed E-state index contributed by atoms with van der Waals surface area (Å²) in [6.07, 6.45) is 1.74. The first-order valence-electron chi connectivity index (χ1n) is 6.70. The van der Waals surface area contributed by atoms with E-state index in [1.165, 1.54) is 5.69 Å². The zero-order valence-corrected chi connectivity index (χ0v) is 12.7. The van der Waals surface area contributed by atoms with Crippen LogP contribution in [-0.4, -0.2) is 33.9 Å². The number of imidazole rings is 1. The second-order valence-corrected chi connectivity index (χ2v) is 5.35. The zero-order valence-electron chi connectivity index (χ0n) is 11.8. The van der Waals surface area contributed by atoms with E-state index in [1.54, 1.807) is 6.33 Å². The van der Waals surface area contributed by atoms with Crippen LogP contribution in [0, 0.1) is 6.92 Å². The van der Waals surface area contributed by atoms with E-state index in [9.17, 15) is 0 Å². The maximum absolute atomic E-state index is 5.37. The number of aromatic amines is 1. The van der Waals surface area contributed by atoms with Gasteiger partial charge in [-0.3, -0.25) is 0 Å². The minimum Gasteiger partial charge on any atom is -0.478 e. The molecular formula is C14H20N4OS. The van der Waals surface area contributed by atoms with Gasteiger partial charge in [-0.2, -0.15) is 16.7 Å². The molecule has 0 aliphatic rings. The number of ether oxygens (including phenoxy) is 1. The minimum atomic E-state index is 0.635. The molecule has 0 saturated heterocycles. The monoisotopic (exact) mass is 292 g/mol. The van der Waals surface area contributed by atoms with E-state index in [4.69, 9.17) is 4.74 Å². The van der Waals surface area contributed by atoms with Gasteiger partial charge < -0.3 is 15.0 Å². The fraction of sp³-hybridized carbons (Fsp3) is 0.429. The first-order chi connectivity index (χ1) is 9.79. The van der Waals surface area contributed by atoms with Gasteiger partial charge in [0.1, 0.15) is 5.82 Å². The quantitative estimate of drug-likeness (QED) is 0.733. The molecule has 20 heavy (non-hydrogen) atoms. The molecule has 0 fully saturated rings. The molecule has 0 amide bonds. The standard InChI is InChI=1S/C14H20N4OS/c1-3-19-14-6-4-5-13(18-14)15-7-8-20-9-12-11(2)16-10-17-12/h4-6,10H,3,7-9H2,1-2H3,(H,15,18)(H,16,17). The highest BCUT2D eigenvalue weighted by Crippen LogP contribution is 2.14. The third kappa shape index (κ3) is 4.45. The van der Waals surface area contributed by atoms with E-state index >= 15 is 0 Å². The van der Waals surface area contributed by atoms with Gasteiger partial charge in [-0.15, -0.1) is 0 Å². The molecule has 2 heterocycles. The molecule has 0 aliphatic carbocycles. The van der Waals surface area contributed by atoms with Crippen LogP contribution < -0.4 is 10.1 Å². The molecule has 0 aliphatic heterocycles. The third-order valence-corrected chi connectivity index (χ3v) is 3.73. The van der Waals surface area contributed by atoms with Crippen LogP contribution in [0.1, 0.15) is 18.3 Å². The molecule has 108 valence electrons. The molecule has 0 aromatic carbocycles. The molecule has 0 radical (unpaired) electrons. The van der Waals surface area contributed by atoms with E-state index in [-0.39, 0.29) is 0 Å². The molecular weight excluding hydrogens is 272 g/mol. The van der Waals surface area contributed by atoms with Gasteiger partial charge in [0.2, 0.25) is 5.88 Å². The van der Waals surface area contributed by atoms with Gasteiger partial charge in [0.25, 0.3) is 0 Å². The summed E-state index contributed by atoms with van der Waals surface area (Å²) in [5.74, 6) is 3.49. The number of anilines is 1. The predicted molar refractivity (Wildman–Crippen MR) is 83.4 cm³/mol. The summed E-state index contributed by atoms with van der Waals surface area (Å²) in [7, 11) is 0. The number of H-pyrrole nitrogens is 1. The Labute approximate surface area is 123 Å². The van der Waals surface area contributed by atoms with Crippen molar-refractivity contribution in [1.82, 2.24) is 15.0 Å². The van der Waals surface area contributed by atoms with Crippen molar-refractivity contribution in [1.29, 1.82) is 0 Å². The SMILES string of the molecule is CCOc1cccc(NCCSCc2[nH]cnc2C)n1. The molecule has 2 aromatic heterocycles. The lowest BCUT2D eigenvalue weighted by atomic mass is 10.4. The maximum atomic E-state index is 5.37. The number of hydrogen-bond donors (Lipinski definition) is 2. The van der Waals surface area contributed by atoms with Gasteiger partial charge in [-0.05, 0) is 19.9 Å². The van der Waals surface area contributed by atoms with Crippen molar-refractivity contribution in [2.75, 3.05) is 24.2 Å². The molecule has 2 aromatic rings. The summed E-state index contributed by atoms with van der Waals surface area (Å²) in [4.78, 5) is 11.7. The number of hydrogen-bond acceptors (Lipinski definition) is 5. The number of aromatic nitrogens is 3. The Morgan fingerprint density at radius 2 is 2.30 bits per heavy atom. The van der Waals surface area contributed by atoms with Crippen LogP contribution in [0.4, 0.5) is 5.82 Å². The van der Waals surface area contributed by atoms with Crippen molar-refractivity contribution >= 4 is 17.6 Å². The fourth-order valence-electron chi connectivity index (χ4n) is 1.70. The molecule has 5 nitrogen and oxygen atoms in total. The lowest BCUT2D eigenvalue weighted by molar-refractivity contribution is 0.327. The van der Waals surface area contributed by atoms with Crippen LogP contribution in [0.5, 0.6) is 5.88 Å². The van der Waals surface area contributed by atoms with Crippen molar-refractivity contribution in [3.8, 4) is 5.88 Å². The highest BCUT2D eigenvalue weighted by Gasteiger charge is 2.01. The molecule has 0 atom stereocenters. The van der Waals surface area contributed by atoms with Gasteiger partial charge in [0.05, 0.1) is 18.6 Å². The topological polar surface area (TPSA) is 62.8 Å². The van der Waals surface area contributed by atoms with E-state index in [0.717, 1.165) is 29.6 Å². The van der Waals surface area contributed by atoms with Crippen molar-refractivity contribution in [3.05, 3.63) is 35.9 Å². The van der Waals surface area contributed by atoms with Crippen molar-refractivity contribution in [2.24, 2.45) is 0 Å². The molecule has 0 unspecified atom stereocenters. The molecule has 0 spiro atoms. The number of nitrogens with one attached hydrogen (secondary N) is 2. The van der Waals surface area contributed by atoms with Gasteiger partial charge in [-0.1, -0.05) is 6.07 Å². The fourth-order valence-corrected chi connectivity index (χ4v) is 2.59. The van der Waals surface area contributed by atoms with Crippen molar-refractivity contribution in [2.45, 2.75) is 19.6 Å². The van der Waals surface area contributed by atoms with Gasteiger partial charge in [-0.25, -0.2) is 4.98 Å². The van der Waals surface area contributed by atoms with Crippen LogP contribution in [0.15, 0.2) is 24.5 Å². The predicted octanol–water partition coefficient (Wildman–Crippen LogP) is 2.86. The van der Waals surface area contributed by atoms with Crippen molar-refractivity contribution < 1.29 is 4.74 Å².